The van der Waals surface area contributed by atoms with E-state index in [0.29, 0.717) is 6.61 Å². The van der Waals surface area contributed by atoms with Crippen LogP contribution in [0.25, 0.3) is 0 Å². The van der Waals surface area contributed by atoms with Gasteiger partial charge in [0.15, 0.2) is 0 Å². The molecule has 0 fully saturated rings. The van der Waals surface area contributed by atoms with E-state index >= 15 is 0 Å². The first kappa shape index (κ1) is 10.4. The number of likely N-dealkylation sites (N-methyl/N-ethyl adjacent to an activating group) is 1. The average Bonchev–Trinajstić information content (AvgIpc) is 1.97. The molecule has 0 rings (SSSR count). The number of ether oxygens (including phenoxy) is 1. The maximum Gasteiger partial charge on any atom is 0.107 e. The number of hydrogen-bond acceptors (Lipinski definition) is 3. The quantitative estimate of drug-likeness (QED) is 0.564. The third-order valence-corrected chi connectivity index (χ3v) is 1.28. The monoisotopic (exact) mass is 157 g/mol. The minimum absolute atomic E-state index is 0.0592. The van der Waals surface area contributed by atoms with Gasteiger partial charge in [-0.1, -0.05) is 11.8 Å². The molecule has 0 amide bonds. The lowest BCUT2D eigenvalue weighted by Crippen LogP contribution is -2.29. The van der Waals surface area contributed by atoms with Crippen LogP contribution in [0.4, 0.5) is 0 Å². The Labute approximate surface area is 68.0 Å². The zero-order valence-electron chi connectivity index (χ0n) is 7.29. The van der Waals surface area contributed by atoms with Crippen LogP contribution in [-0.4, -0.2) is 50.5 Å². The predicted molar refractivity (Wildman–Crippen MR) is 44.2 cm³/mol. The zero-order chi connectivity index (χ0) is 8.69. The van der Waals surface area contributed by atoms with Crippen molar-refractivity contribution >= 4 is 0 Å². The van der Waals surface area contributed by atoms with Crippen molar-refractivity contribution in [1.29, 1.82) is 0 Å². The van der Waals surface area contributed by atoms with Crippen LogP contribution in [0.5, 0.6) is 0 Å². The molecular formula is C8H15NO2. The fourth-order valence-corrected chi connectivity index (χ4v) is 0.570. The highest BCUT2D eigenvalue weighted by Gasteiger charge is 2.03. The lowest BCUT2D eigenvalue weighted by Gasteiger charge is -2.15. The summed E-state index contributed by atoms with van der Waals surface area (Å²) < 4.78 is 4.74. The molecule has 0 saturated carbocycles. The Kier molecular flexibility index (Phi) is 5.86. The molecule has 0 aromatic carbocycles. The lowest BCUT2D eigenvalue weighted by atomic mass is 10.3. The maximum absolute atomic E-state index is 8.81. The van der Waals surface area contributed by atoms with Gasteiger partial charge in [0.2, 0.25) is 0 Å². The van der Waals surface area contributed by atoms with Crippen LogP contribution in [0.1, 0.15) is 0 Å². The molecule has 0 saturated heterocycles. The second kappa shape index (κ2) is 6.17. The zero-order valence-corrected chi connectivity index (χ0v) is 7.29. The molecule has 0 aromatic rings. The van der Waals surface area contributed by atoms with Crippen molar-refractivity contribution in [2.24, 2.45) is 0 Å². The molecule has 0 aliphatic rings. The first-order chi connectivity index (χ1) is 5.22. The summed E-state index contributed by atoms with van der Waals surface area (Å²) in [6, 6.07) is -0.0786. The van der Waals surface area contributed by atoms with E-state index in [4.69, 9.17) is 9.84 Å². The van der Waals surface area contributed by atoms with Gasteiger partial charge in [-0.05, 0) is 14.1 Å². The molecule has 0 aliphatic heterocycles. The van der Waals surface area contributed by atoms with Gasteiger partial charge >= 0.3 is 0 Å². The van der Waals surface area contributed by atoms with Crippen molar-refractivity contribution in [2.75, 3.05) is 34.4 Å². The van der Waals surface area contributed by atoms with Gasteiger partial charge in [-0.15, -0.1) is 0 Å². The summed E-state index contributed by atoms with van der Waals surface area (Å²) in [4.78, 5) is 1.86. The van der Waals surface area contributed by atoms with E-state index in [1.54, 1.807) is 7.11 Å². The van der Waals surface area contributed by atoms with Crippen molar-refractivity contribution < 1.29 is 9.84 Å². The lowest BCUT2D eigenvalue weighted by molar-refractivity contribution is 0.204. The molecule has 0 spiro atoms. The minimum Gasteiger partial charge on any atom is -0.394 e. The average molecular weight is 157 g/mol. The molecule has 0 aromatic heterocycles. The fourth-order valence-electron chi connectivity index (χ4n) is 0.570. The minimum atomic E-state index is -0.0786. The molecular weight excluding hydrogens is 142 g/mol. The Balaban J connectivity index is 3.79. The van der Waals surface area contributed by atoms with Gasteiger partial charge in [-0.25, -0.2) is 0 Å². The van der Waals surface area contributed by atoms with E-state index in [0.717, 1.165) is 0 Å². The van der Waals surface area contributed by atoms with Crippen LogP contribution < -0.4 is 0 Å². The molecule has 11 heavy (non-hydrogen) atoms. The maximum atomic E-state index is 8.81. The topological polar surface area (TPSA) is 32.7 Å². The number of aliphatic hydroxyl groups excluding tert-OH is 1. The smallest absolute Gasteiger partial charge is 0.107 e. The van der Waals surface area contributed by atoms with Crippen LogP contribution in [0.2, 0.25) is 0 Å². The molecule has 3 nitrogen and oxygen atoms in total. The number of aliphatic hydroxyl groups is 1. The number of methoxy groups -OCH3 is 1. The van der Waals surface area contributed by atoms with Crippen molar-refractivity contribution in [1.82, 2.24) is 4.90 Å². The molecule has 64 valence electrons. The molecule has 0 aliphatic carbocycles. The van der Waals surface area contributed by atoms with Gasteiger partial charge < -0.3 is 9.84 Å². The Bertz CT molecular complexity index is 146. The SMILES string of the molecule is COCC#CC(CO)N(C)C. The van der Waals surface area contributed by atoms with Crippen molar-refractivity contribution in [2.45, 2.75) is 6.04 Å². The summed E-state index contributed by atoms with van der Waals surface area (Å²) >= 11 is 0. The second-order valence-electron chi connectivity index (χ2n) is 2.42. The summed E-state index contributed by atoms with van der Waals surface area (Å²) in [5, 5.41) is 8.81. The third kappa shape index (κ3) is 4.79. The van der Waals surface area contributed by atoms with E-state index in [2.05, 4.69) is 11.8 Å². The normalized spacial score (nSPS) is 12.5. The van der Waals surface area contributed by atoms with E-state index in [1.165, 1.54) is 0 Å². The highest BCUT2D eigenvalue weighted by atomic mass is 16.5. The van der Waals surface area contributed by atoms with Crippen LogP contribution in [0, 0.1) is 11.8 Å². The molecule has 3 heteroatoms. The predicted octanol–water partition coefficient (Wildman–Crippen LogP) is -0.441. The molecule has 1 atom stereocenters. The van der Waals surface area contributed by atoms with Crippen LogP contribution >= 0.6 is 0 Å². The van der Waals surface area contributed by atoms with Crippen LogP contribution in [0.15, 0.2) is 0 Å². The highest BCUT2D eigenvalue weighted by molar-refractivity contribution is 5.07. The van der Waals surface area contributed by atoms with Gasteiger partial charge in [0.05, 0.1) is 12.6 Å². The first-order valence-electron chi connectivity index (χ1n) is 3.47. The Morgan fingerprint density at radius 3 is 2.55 bits per heavy atom. The van der Waals surface area contributed by atoms with E-state index in [9.17, 15) is 0 Å². The summed E-state index contributed by atoms with van der Waals surface area (Å²) in [5.74, 6) is 5.66. The fraction of sp³-hybridized carbons (Fsp3) is 0.750. The van der Waals surface area contributed by atoms with Crippen LogP contribution in [0.3, 0.4) is 0 Å². The molecule has 0 bridgehead atoms. The van der Waals surface area contributed by atoms with Gasteiger partial charge in [0.1, 0.15) is 6.61 Å². The van der Waals surface area contributed by atoms with E-state index < -0.39 is 0 Å². The van der Waals surface area contributed by atoms with Crippen molar-refractivity contribution in [3.63, 3.8) is 0 Å². The van der Waals surface area contributed by atoms with E-state index in [1.807, 2.05) is 19.0 Å². The van der Waals surface area contributed by atoms with Crippen molar-refractivity contribution in [3.8, 4) is 11.8 Å². The summed E-state index contributed by atoms with van der Waals surface area (Å²) in [5.41, 5.74) is 0. The molecule has 0 radical (unpaired) electrons. The number of nitrogens with zero attached hydrogens (tertiary/aromatic N) is 1. The Morgan fingerprint density at radius 2 is 2.18 bits per heavy atom. The standard InChI is InChI=1S/C8H15NO2/c1-9(2)8(7-10)5-4-6-11-3/h8,10H,6-7H2,1-3H3. The molecule has 1 N–H and O–H groups in total. The van der Waals surface area contributed by atoms with Gasteiger partial charge in [0.25, 0.3) is 0 Å². The van der Waals surface area contributed by atoms with Crippen LogP contribution in [-0.2, 0) is 4.74 Å². The number of rotatable bonds is 3. The molecule has 1 unspecified atom stereocenters. The molecule has 0 heterocycles. The third-order valence-electron chi connectivity index (χ3n) is 1.28. The Hall–Kier alpha value is -0.560. The van der Waals surface area contributed by atoms with Gasteiger partial charge in [-0.3, -0.25) is 4.90 Å². The van der Waals surface area contributed by atoms with Crippen molar-refractivity contribution in [3.05, 3.63) is 0 Å². The largest absolute Gasteiger partial charge is 0.394 e. The van der Waals surface area contributed by atoms with Gasteiger partial charge in [-0.2, -0.15) is 0 Å². The summed E-state index contributed by atoms with van der Waals surface area (Å²) in [7, 11) is 5.35. The van der Waals surface area contributed by atoms with E-state index in [-0.39, 0.29) is 12.6 Å². The number of hydrogen-bond donors (Lipinski definition) is 1. The summed E-state index contributed by atoms with van der Waals surface area (Å²) in [6.07, 6.45) is 0. The highest BCUT2D eigenvalue weighted by Crippen LogP contribution is 1.87. The second-order valence-corrected chi connectivity index (χ2v) is 2.42. The summed E-state index contributed by atoms with van der Waals surface area (Å²) in [6.45, 7) is 0.480. The Morgan fingerprint density at radius 1 is 1.55 bits per heavy atom. The van der Waals surface area contributed by atoms with Gasteiger partial charge in [0, 0.05) is 7.11 Å². The first-order valence-corrected chi connectivity index (χ1v) is 3.47.